The summed E-state index contributed by atoms with van der Waals surface area (Å²) < 4.78 is 29.6. The van der Waals surface area contributed by atoms with Crippen molar-refractivity contribution in [2.45, 2.75) is 57.4 Å². The van der Waals surface area contributed by atoms with Gasteiger partial charge in [0.2, 0.25) is 15.9 Å². The van der Waals surface area contributed by atoms with Crippen LogP contribution in [0.25, 0.3) is 0 Å². The molecule has 2 aliphatic rings. The predicted octanol–water partition coefficient (Wildman–Crippen LogP) is 2.13. The van der Waals surface area contributed by atoms with Crippen molar-refractivity contribution >= 4 is 15.9 Å². The number of piperidine rings is 1. The Morgan fingerprint density at radius 3 is 2.63 bits per heavy atom. The summed E-state index contributed by atoms with van der Waals surface area (Å²) in [5.74, 6) is 1.74. The molecule has 3 heterocycles. The number of carbonyl (C=O) groups is 1. The number of aromatic nitrogens is 3. The van der Waals surface area contributed by atoms with Crippen LogP contribution in [0.15, 0.2) is 30.3 Å². The van der Waals surface area contributed by atoms with E-state index in [0.29, 0.717) is 32.5 Å². The molecule has 0 aliphatic carbocycles. The van der Waals surface area contributed by atoms with E-state index >= 15 is 0 Å². The third kappa shape index (κ3) is 4.27. The van der Waals surface area contributed by atoms with E-state index in [0.717, 1.165) is 43.0 Å². The zero-order valence-electron chi connectivity index (χ0n) is 17.4. The SMILES string of the molecule is CCC(=O)N1CCCCC1c1nnc2n1CCN(S(=O)(=O)Cc1ccccc1)CC2. The van der Waals surface area contributed by atoms with Gasteiger partial charge in [-0.1, -0.05) is 37.3 Å². The number of hydrogen-bond acceptors (Lipinski definition) is 5. The Hall–Kier alpha value is -2.26. The van der Waals surface area contributed by atoms with Gasteiger partial charge in [0.25, 0.3) is 0 Å². The first-order chi connectivity index (χ1) is 14.5. The molecular weight excluding hydrogens is 402 g/mol. The van der Waals surface area contributed by atoms with E-state index in [2.05, 4.69) is 10.2 Å². The number of fused-ring (bicyclic) bond motifs is 1. The quantitative estimate of drug-likeness (QED) is 0.724. The monoisotopic (exact) mass is 431 g/mol. The third-order valence-electron chi connectivity index (χ3n) is 6.02. The Bertz CT molecular complexity index is 989. The van der Waals surface area contributed by atoms with Gasteiger partial charge in [0, 0.05) is 39.0 Å². The molecule has 1 fully saturated rings. The smallest absolute Gasteiger partial charge is 0.222 e. The van der Waals surface area contributed by atoms with Gasteiger partial charge in [0.1, 0.15) is 5.82 Å². The van der Waals surface area contributed by atoms with Crippen LogP contribution in [-0.4, -0.2) is 57.9 Å². The average molecular weight is 432 g/mol. The standard InChI is InChI=1S/C21H29N5O3S/c1-2-20(27)25-12-7-6-10-18(25)21-23-22-19-11-13-24(14-15-26(19)21)30(28,29)16-17-8-4-3-5-9-17/h3-5,8-9,18H,2,6-7,10-16H2,1H3. The molecule has 4 rings (SSSR count). The molecule has 2 aromatic rings. The second kappa shape index (κ2) is 8.85. The number of benzene rings is 1. The average Bonchev–Trinajstić information content (AvgIpc) is 3.03. The van der Waals surface area contributed by atoms with Gasteiger partial charge in [-0.2, -0.15) is 4.31 Å². The molecule has 0 radical (unpaired) electrons. The molecule has 1 aromatic heterocycles. The maximum absolute atomic E-state index is 13.0. The molecule has 1 saturated heterocycles. The van der Waals surface area contributed by atoms with Crippen molar-refractivity contribution in [1.29, 1.82) is 0 Å². The summed E-state index contributed by atoms with van der Waals surface area (Å²) in [6.07, 6.45) is 3.94. The minimum absolute atomic E-state index is 0.00265. The lowest BCUT2D eigenvalue weighted by atomic mass is 10.0. The molecule has 0 N–H and O–H groups in total. The molecule has 0 spiro atoms. The maximum Gasteiger partial charge on any atom is 0.222 e. The first-order valence-corrected chi connectivity index (χ1v) is 12.3. The summed E-state index contributed by atoms with van der Waals surface area (Å²) in [5, 5.41) is 8.80. The summed E-state index contributed by atoms with van der Waals surface area (Å²) >= 11 is 0. The second-order valence-electron chi connectivity index (χ2n) is 7.97. The fraction of sp³-hybridized carbons (Fsp3) is 0.571. The third-order valence-corrected chi connectivity index (χ3v) is 7.87. The fourth-order valence-electron chi connectivity index (χ4n) is 4.43. The Morgan fingerprint density at radius 1 is 1.07 bits per heavy atom. The normalized spacial score (nSPS) is 20.6. The van der Waals surface area contributed by atoms with Gasteiger partial charge < -0.3 is 9.47 Å². The van der Waals surface area contributed by atoms with E-state index in [9.17, 15) is 13.2 Å². The van der Waals surface area contributed by atoms with Gasteiger partial charge in [0.05, 0.1) is 11.8 Å². The Morgan fingerprint density at radius 2 is 1.87 bits per heavy atom. The summed E-state index contributed by atoms with van der Waals surface area (Å²) in [5.41, 5.74) is 0.790. The van der Waals surface area contributed by atoms with E-state index in [1.165, 1.54) is 0 Å². The van der Waals surface area contributed by atoms with Crippen LogP contribution >= 0.6 is 0 Å². The van der Waals surface area contributed by atoms with Crippen LogP contribution in [0.2, 0.25) is 0 Å². The van der Waals surface area contributed by atoms with Gasteiger partial charge in [-0.05, 0) is 24.8 Å². The van der Waals surface area contributed by atoms with Crippen molar-refractivity contribution < 1.29 is 13.2 Å². The molecule has 30 heavy (non-hydrogen) atoms. The van der Waals surface area contributed by atoms with E-state index in [1.54, 1.807) is 4.31 Å². The van der Waals surface area contributed by atoms with Gasteiger partial charge in [0.15, 0.2) is 5.82 Å². The second-order valence-corrected chi connectivity index (χ2v) is 9.94. The lowest BCUT2D eigenvalue weighted by Gasteiger charge is -2.35. The molecule has 1 aromatic carbocycles. The molecule has 162 valence electrons. The van der Waals surface area contributed by atoms with Gasteiger partial charge >= 0.3 is 0 Å². The van der Waals surface area contributed by atoms with Crippen molar-refractivity contribution in [3.05, 3.63) is 47.5 Å². The van der Waals surface area contributed by atoms with E-state index in [-0.39, 0.29) is 17.7 Å². The van der Waals surface area contributed by atoms with Crippen LogP contribution < -0.4 is 0 Å². The summed E-state index contributed by atoms with van der Waals surface area (Å²) in [7, 11) is -3.41. The van der Waals surface area contributed by atoms with Crippen molar-refractivity contribution in [3.63, 3.8) is 0 Å². The maximum atomic E-state index is 13.0. The van der Waals surface area contributed by atoms with Crippen LogP contribution in [0.5, 0.6) is 0 Å². The molecule has 2 aliphatic heterocycles. The molecule has 0 saturated carbocycles. The summed E-state index contributed by atoms with van der Waals surface area (Å²) in [6.45, 7) is 3.93. The van der Waals surface area contributed by atoms with E-state index in [4.69, 9.17) is 0 Å². The summed E-state index contributed by atoms with van der Waals surface area (Å²) in [4.78, 5) is 14.4. The van der Waals surface area contributed by atoms with Crippen molar-refractivity contribution in [1.82, 2.24) is 24.0 Å². The topological polar surface area (TPSA) is 88.4 Å². The minimum Gasteiger partial charge on any atom is -0.332 e. The van der Waals surface area contributed by atoms with Gasteiger partial charge in [-0.3, -0.25) is 4.79 Å². The van der Waals surface area contributed by atoms with Crippen molar-refractivity contribution in [2.24, 2.45) is 0 Å². The molecule has 1 unspecified atom stereocenters. The minimum atomic E-state index is -3.41. The van der Waals surface area contributed by atoms with Crippen LogP contribution in [0, 0.1) is 0 Å². The van der Waals surface area contributed by atoms with Gasteiger partial charge in [-0.25, -0.2) is 8.42 Å². The molecule has 8 nitrogen and oxygen atoms in total. The van der Waals surface area contributed by atoms with Crippen molar-refractivity contribution in [2.75, 3.05) is 19.6 Å². The molecule has 1 amide bonds. The lowest BCUT2D eigenvalue weighted by molar-refractivity contribution is -0.135. The Kier molecular flexibility index (Phi) is 6.19. The molecule has 0 bridgehead atoms. The van der Waals surface area contributed by atoms with Crippen LogP contribution in [0.3, 0.4) is 0 Å². The van der Waals surface area contributed by atoms with Crippen LogP contribution in [0.1, 0.15) is 55.9 Å². The number of carbonyl (C=O) groups excluding carboxylic acids is 1. The molecule has 1 atom stereocenters. The number of nitrogens with zero attached hydrogens (tertiary/aromatic N) is 5. The zero-order valence-corrected chi connectivity index (χ0v) is 18.2. The Balaban J connectivity index is 1.52. The van der Waals surface area contributed by atoms with E-state index in [1.807, 2.05) is 46.7 Å². The zero-order chi connectivity index (χ0) is 21.1. The highest BCUT2D eigenvalue weighted by molar-refractivity contribution is 7.88. The largest absolute Gasteiger partial charge is 0.332 e. The highest BCUT2D eigenvalue weighted by Gasteiger charge is 2.33. The molecular formula is C21H29N5O3S. The number of rotatable bonds is 5. The number of amides is 1. The Labute approximate surface area is 177 Å². The lowest BCUT2D eigenvalue weighted by Crippen LogP contribution is -2.39. The summed E-state index contributed by atoms with van der Waals surface area (Å²) in [6, 6.07) is 9.20. The first-order valence-electron chi connectivity index (χ1n) is 10.7. The van der Waals surface area contributed by atoms with Crippen LogP contribution in [-0.2, 0) is 33.5 Å². The number of hydrogen-bond donors (Lipinski definition) is 0. The van der Waals surface area contributed by atoms with Crippen LogP contribution in [0.4, 0.5) is 0 Å². The highest BCUT2D eigenvalue weighted by Crippen LogP contribution is 2.31. The highest BCUT2D eigenvalue weighted by atomic mass is 32.2. The predicted molar refractivity (Wildman–Crippen MR) is 113 cm³/mol. The fourth-order valence-corrected chi connectivity index (χ4v) is 5.95. The van der Waals surface area contributed by atoms with E-state index < -0.39 is 10.0 Å². The van der Waals surface area contributed by atoms with Crippen molar-refractivity contribution in [3.8, 4) is 0 Å². The number of likely N-dealkylation sites (tertiary alicyclic amines) is 1. The molecule has 9 heteroatoms. The first kappa shape index (κ1) is 21.0. The number of sulfonamides is 1. The van der Waals surface area contributed by atoms with Gasteiger partial charge in [-0.15, -0.1) is 10.2 Å².